The number of nitrogens with zero attached hydrogens (tertiary/aromatic N) is 1. The highest BCUT2D eigenvalue weighted by atomic mass is 79.9. The van der Waals surface area contributed by atoms with Gasteiger partial charge in [0.2, 0.25) is 0 Å². The molecule has 0 aliphatic heterocycles. The molecule has 0 fully saturated rings. The molecule has 2 aromatic carbocycles. The summed E-state index contributed by atoms with van der Waals surface area (Å²) in [5.41, 5.74) is 9.51. The molecule has 0 radical (unpaired) electrons. The maximum atomic E-state index is 6.20. The third-order valence-corrected chi connectivity index (χ3v) is 3.92. The van der Waals surface area contributed by atoms with Crippen molar-refractivity contribution in [2.45, 2.75) is 0 Å². The van der Waals surface area contributed by atoms with E-state index >= 15 is 0 Å². The molecule has 0 aliphatic carbocycles. The lowest BCUT2D eigenvalue weighted by Gasteiger charge is -2.12. The van der Waals surface area contributed by atoms with Gasteiger partial charge in [-0.15, -0.1) is 0 Å². The molecule has 20 heavy (non-hydrogen) atoms. The molecule has 1 heterocycles. The second-order valence-corrected chi connectivity index (χ2v) is 5.64. The van der Waals surface area contributed by atoms with Crippen molar-refractivity contribution in [2.75, 3.05) is 11.1 Å². The fraction of sp³-hybridized carbons (Fsp3) is 0. The van der Waals surface area contributed by atoms with Gasteiger partial charge in [0.05, 0.1) is 22.6 Å². The van der Waals surface area contributed by atoms with E-state index in [0.29, 0.717) is 10.7 Å². The maximum absolute atomic E-state index is 6.20. The van der Waals surface area contributed by atoms with Crippen molar-refractivity contribution in [3.05, 3.63) is 58.2 Å². The standard InChI is InChI=1S/C15H11BrClN3/c16-11-8-9(17)3-4-13(11)20-14-6-5-12-10(15(14)18)2-1-7-19-12/h1-8,20H,18H2. The Labute approximate surface area is 129 Å². The number of hydrogen-bond acceptors (Lipinski definition) is 3. The molecule has 0 saturated carbocycles. The molecule has 0 aliphatic rings. The molecule has 3 nitrogen and oxygen atoms in total. The predicted octanol–water partition coefficient (Wildman–Crippen LogP) is 4.98. The zero-order chi connectivity index (χ0) is 14.1. The van der Waals surface area contributed by atoms with Gasteiger partial charge in [0, 0.05) is 21.1 Å². The summed E-state index contributed by atoms with van der Waals surface area (Å²) in [4.78, 5) is 4.28. The molecule has 0 spiro atoms. The Balaban J connectivity index is 2.04. The molecule has 0 unspecified atom stereocenters. The molecule has 0 saturated heterocycles. The Kier molecular flexibility index (Phi) is 3.51. The second-order valence-electron chi connectivity index (χ2n) is 4.35. The predicted molar refractivity (Wildman–Crippen MR) is 88.6 cm³/mol. The van der Waals surface area contributed by atoms with Crippen LogP contribution in [0, 0.1) is 0 Å². The molecule has 100 valence electrons. The van der Waals surface area contributed by atoms with Crippen molar-refractivity contribution in [2.24, 2.45) is 0 Å². The Morgan fingerprint density at radius 2 is 1.90 bits per heavy atom. The van der Waals surface area contributed by atoms with Gasteiger partial charge in [-0.2, -0.15) is 0 Å². The SMILES string of the molecule is Nc1c(Nc2ccc(Cl)cc2Br)ccc2ncccc12. The van der Waals surface area contributed by atoms with Crippen LogP contribution < -0.4 is 11.1 Å². The average Bonchev–Trinajstić information content (AvgIpc) is 2.45. The van der Waals surface area contributed by atoms with Gasteiger partial charge in [-0.25, -0.2) is 0 Å². The van der Waals surface area contributed by atoms with Crippen molar-refractivity contribution in [3.8, 4) is 0 Å². The topological polar surface area (TPSA) is 50.9 Å². The first kappa shape index (κ1) is 13.2. The van der Waals surface area contributed by atoms with Crippen molar-refractivity contribution in [3.63, 3.8) is 0 Å². The minimum absolute atomic E-state index is 0.678. The van der Waals surface area contributed by atoms with Crippen molar-refractivity contribution < 1.29 is 0 Å². The number of rotatable bonds is 2. The monoisotopic (exact) mass is 347 g/mol. The van der Waals surface area contributed by atoms with Gasteiger partial charge < -0.3 is 11.1 Å². The summed E-state index contributed by atoms with van der Waals surface area (Å²) < 4.78 is 0.885. The molecule has 5 heteroatoms. The number of halogens is 2. The van der Waals surface area contributed by atoms with Gasteiger partial charge >= 0.3 is 0 Å². The van der Waals surface area contributed by atoms with Crippen LogP contribution in [0.2, 0.25) is 5.02 Å². The van der Waals surface area contributed by atoms with E-state index in [0.717, 1.165) is 26.8 Å². The van der Waals surface area contributed by atoms with E-state index in [1.165, 1.54) is 0 Å². The minimum Gasteiger partial charge on any atom is -0.396 e. The largest absolute Gasteiger partial charge is 0.396 e. The highest BCUT2D eigenvalue weighted by Gasteiger charge is 2.07. The van der Waals surface area contributed by atoms with E-state index in [9.17, 15) is 0 Å². The normalized spacial score (nSPS) is 10.7. The van der Waals surface area contributed by atoms with E-state index in [-0.39, 0.29) is 0 Å². The quantitative estimate of drug-likeness (QED) is 0.642. The molecular weight excluding hydrogens is 338 g/mol. The zero-order valence-electron chi connectivity index (χ0n) is 10.4. The maximum Gasteiger partial charge on any atom is 0.0724 e. The highest BCUT2D eigenvalue weighted by molar-refractivity contribution is 9.10. The van der Waals surface area contributed by atoms with E-state index in [4.69, 9.17) is 17.3 Å². The van der Waals surface area contributed by atoms with Crippen LogP contribution in [0.25, 0.3) is 10.9 Å². The minimum atomic E-state index is 0.678. The number of nitrogen functional groups attached to an aromatic ring is 1. The molecule has 0 atom stereocenters. The molecular formula is C15H11BrClN3. The Bertz CT molecular complexity index is 789. The lowest BCUT2D eigenvalue weighted by atomic mass is 10.1. The number of benzene rings is 2. The zero-order valence-corrected chi connectivity index (χ0v) is 12.7. The van der Waals surface area contributed by atoms with Gasteiger partial charge in [-0.1, -0.05) is 11.6 Å². The van der Waals surface area contributed by atoms with E-state index in [2.05, 4.69) is 26.2 Å². The van der Waals surface area contributed by atoms with Crippen LogP contribution in [-0.2, 0) is 0 Å². The third kappa shape index (κ3) is 2.44. The number of aromatic nitrogens is 1. The lowest BCUT2D eigenvalue weighted by Crippen LogP contribution is -1.98. The molecule has 1 aromatic heterocycles. The third-order valence-electron chi connectivity index (χ3n) is 3.03. The summed E-state index contributed by atoms with van der Waals surface area (Å²) in [6, 6.07) is 13.3. The first-order valence-electron chi connectivity index (χ1n) is 6.00. The van der Waals surface area contributed by atoms with Crippen LogP contribution in [0.3, 0.4) is 0 Å². The van der Waals surface area contributed by atoms with Crippen LogP contribution in [0.15, 0.2) is 53.1 Å². The fourth-order valence-electron chi connectivity index (χ4n) is 2.02. The van der Waals surface area contributed by atoms with E-state index in [1.807, 2.05) is 42.5 Å². The first-order valence-corrected chi connectivity index (χ1v) is 7.17. The summed E-state index contributed by atoms with van der Waals surface area (Å²) in [5, 5.41) is 4.91. The Hall–Kier alpha value is -1.78. The number of nitrogens with two attached hydrogens (primary N) is 1. The molecule has 3 N–H and O–H groups in total. The van der Waals surface area contributed by atoms with Gasteiger partial charge in [-0.05, 0) is 58.4 Å². The van der Waals surface area contributed by atoms with E-state index in [1.54, 1.807) is 6.20 Å². The lowest BCUT2D eigenvalue weighted by molar-refractivity contribution is 1.41. The molecule has 0 bridgehead atoms. The van der Waals surface area contributed by atoms with Gasteiger partial charge in [0.25, 0.3) is 0 Å². The number of hydrogen-bond donors (Lipinski definition) is 2. The summed E-state index contributed by atoms with van der Waals surface area (Å²) >= 11 is 9.42. The van der Waals surface area contributed by atoms with Crippen LogP contribution in [0.1, 0.15) is 0 Å². The summed E-state index contributed by atoms with van der Waals surface area (Å²) in [5.74, 6) is 0. The molecule has 3 rings (SSSR count). The average molecular weight is 349 g/mol. The Morgan fingerprint density at radius 1 is 1.10 bits per heavy atom. The smallest absolute Gasteiger partial charge is 0.0724 e. The summed E-state index contributed by atoms with van der Waals surface area (Å²) in [6.45, 7) is 0. The van der Waals surface area contributed by atoms with Gasteiger partial charge in [-0.3, -0.25) is 4.98 Å². The van der Waals surface area contributed by atoms with Crippen LogP contribution in [0.5, 0.6) is 0 Å². The van der Waals surface area contributed by atoms with Crippen molar-refractivity contribution >= 4 is 55.5 Å². The molecule has 0 amide bonds. The van der Waals surface area contributed by atoms with Crippen LogP contribution >= 0.6 is 27.5 Å². The Morgan fingerprint density at radius 3 is 2.70 bits per heavy atom. The first-order chi connectivity index (χ1) is 9.65. The molecule has 3 aromatic rings. The number of nitrogens with one attached hydrogen (secondary N) is 1. The van der Waals surface area contributed by atoms with Crippen LogP contribution in [0.4, 0.5) is 17.1 Å². The van der Waals surface area contributed by atoms with E-state index < -0.39 is 0 Å². The van der Waals surface area contributed by atoms with Gasteiger partial charge in [0.1, 0.15) is 0 Å². The number of anilines is 3. The van der Waals surface area contributed by atoms with Crippen LogP contribution in [-0.4, -0.2) is 4.98 Å². The number of pyridine rings is 1. The highest BCUT2D eigenvalue weighted by Crippen LogP contribution is 2.33. The fourth-order valence-corrected chi connectivity index (χ4v) is 2.80. The van der Waals surface area contributed by atoms with Crippen molar-refractivity contribution in [1.82, 2.24) is 4.98 Å². The summed E-state index contributed by atoms with van der Waals surface area (Å²) in [6.07, 6.45) is 1.75. The summed E-state index contributed by atoms with van der Waals surface area (Å²) in [7, 11) is 0. The van der Waals surface area contributed by atoms with Gasteiger partial charge in [0.15, 0.2) is 0 Å². The van der Waals surface area contributed by atoms with Crippen molar-refractivity contribution in [1.29, 1.82) is 0 Å². The second kappa shape index (κ2) is 5.31. The number of fused-ring (bicyclic) bond motifs is 1.